The van der Waals surface area contributed by atoms with E-state index in [1.165, 1.54) is 0 Å². The number of imide groups is 1. The summed E-state index contributed by atoms with van der Waals surface area (Å²) >= 11 is 0. The van der Waals surface area contributed by atoms with Gasteiger partial charge in [-0.05, 0) is 12.0 Å². The fraction of sp³-hybridized carbons (Fsp3) is 0.273. The molecule has 86 valence electrons. The lowest BCUT2D eigenvalue weighted by molar-refractivity contribution is 0.0975. The molecule has 1 aromatic carbocycles. The summed E-state index contributed by atoms with van der Waals surface area (Å²) in [5, 5.41) is 1.86. The molecule has 3 amide bonds. The first-order valence-electron chi connectivity index (χ1n) is 4.95. The highest BCUT2D eigenvalue weighted by molar-refractivity contribution is 5.89. The molecular formula is C11H14N2O3. The maximum absolute atomic E-state index is 11.2. The van der Waals surface area contributed by atoms with Crippen molar-refractivity contribution in [1.29, 1.82) is 0 Å². The highest BCUT2D eigenvalue weighted by Gasteiger charge is 2.15. The highest BCUT2D eigenvalue weighted by Crippen LogP contribution is 2.20. The van der Waals surface area contributed by atoms with Crippen molar-refractivity contribution in [1.82, 2.24) is 5.32 Å². The van der Waals surface area contributed by atoms with Crippen LogP contribution in [0.2, 0.25) is 0 Å². The second-order valence-corrected chi connectivity index (χ2v) is 3.20. The van der Waals surface area contributed by atoms with Crippen LogP contribution < -0.4 is 11.1 Å². The average Bonchev–Trinajstić information content (AvgIpc) is 2.26. The number of carbonyl (C=O) groups excluding carboxylic acids is 2. The van der Waals surface area contributed by atoms with Gasteiger partial charge in [0.2, 0.25) is 0 Å². The zero-order valence-electron chi connectivity index (χ0n) is 8.97. The third-order valence-corrected chi connectivity index (χ3v) is 2.02. The van der Waals surface area contributed by atoms with Crippen molar-refractivity contribution in [2.45, 2.75) is 19.4 Å². The fourth-order valence-corrected chi connectivity index (χ4v) is 1.31. The van der Waals surface area contributed by atoms with Gasteiger partial charge in [-0.3, -0.25) is 0 Å². The van der Waals surface area contributed by atoms with Gasteiger partial charge in [-0.15, -0.1) is 0 Å². The van der Waals surface area contributed by atoms with E-state index in [1.54, 1.807) is 0 Å². The molecule has 1 rings (SSSR count). The summed E-state index contributed by atoms with van der Waals surface area (Å²) < 4.78 is 5.05. The summed E-state index contributed by atoms with van der Waals surface area (Å²) in [7, 11) is 0. The lowest BCUT2D eigenvalue weighted by Gasteiger charge is -2.15. The molecule has 0 bridgehead atoms. The SMILES string of the molecule is CCC(OC(=O)NC(N)=O)c1ccccc1. The Balaban J connectivity index is 2.63. The van der Waals surface area contributed by atoms with Crippen LogP contribution in [-0.4, -0.2) is 12.1 Å². The van der Waals surface area contributed by atoms with Crippen molar-refractivity contribution in [2.24, 2.45) is 5.73 Å². The number of amides is 3. The van der Waals surface area contributed by atoms with Gasteiger partial charge in [0.1, 0.15) is 6.10 Å². The third kappa shape index (κ3) is 3.61. The molecule has 0 aliphatic carbocycles. The normalized spacial score (nSPS) is 11.6. The summed E-state index contributed by atoms with van der Waals surface area (Å²) in [5.74, 6) is 0. The maximum Gasteiger partial charge on any atom is 0.415 e. The molecule has 16 heavy (non-hydrogen) atoms. The molecule has 1 aromatic rings. The summed E-state index contributed by atoms with van der Waals surface area (Å²) in [5.41, 5.74) is 5.68. The van der Waals surface area contributed by atoms with E-state index in [-0.39, 0.29) is 6.10 Å². The third-order valence-electron chi connectivity index (χ3n) is 2.02. The molecular weight excluding hydrogens is 208 g/mol. The molecule has 0 saturated carbocycles. The summed E-state index contributed by atoms with van der Waals surface area (Å²) in [6.45, 7) is 1.88. The molecule has 3 N–H and O–H groups in total. The lowest BCUT2D eigenvalue weighted by atomic mass is 10.1. The van der Waals surface area contributed by atoms with Crippen LogP contribution in [0.5, 0.6) is 0 Å². The van der Waals surface area contributed by atoms with Crippen LogP contribution in [0.3, 0.4) is 0 Å². The van der Waals surface area contributed by atoms with Crippen molar-refractivity contribution in [3.8, 4) is 0 Å². The minimum atomic E-state index is -0.923. The number of ether oxygens (including phenoxy) is 1. The summed E-state index contributed by atoms with van der Waals surface area (Å²) in [6, 6.07) is 8.37. The lowest BCUT2D eigenvalue weighted by Crippen LogP contribution is -2.36. The van der Waals surface area contributed by atoms with Crippen LogP contribution in [0.4, 0.5) is 9.59 Å². The molecule has 0 saturated heterocycles. The van der Waals surface area contributed by atoms with E-state index in [4.69, 9.17) is 10.5 Å². The van der Waals surface area contributed by atoms with Crippen molar-refractivity contribution >= 4 is 12.1 Å². The van der Waals surface area contributed by atoms with E-state index in [2.05, 4.69) is 0 Å². The topological polar surface area (TPSA) is 81.4 Å². The molecule has 1 atom stereocenters. The Hall–Kier alpha value is -2.04. The molecule has 0 fully saturated rings. The molecule has 0 aliphatic heterocycles. The first kappa shape index (κ1) is 12.0. The Morgan fingerprint density at radius 2 is 2.00 bits per heavy atom. The molecule has 0 radical (unpaired) electrons. The Kier molecular flexibility index (Phi) is 4.32. The van der Waals surface area contributed by atoms with Crippen LogP contribution in [0.15, 0.2) is 30.3 Å². The first-order valence-corrected chi connectivity index (χ1v) is 4.95. The Labute approximate surface area is 93.6 Å². The monoisotopic (exact) mass is 222 g/mol. The van der Waals surface area contributed by atoms with Crippen molar-refractivity contribution in [3.63, 3.8) is 0 Å². The number of nitrogens with two attached hydrogens (primary N) is 1. The van der Waals surface area contributed by atoms with Gasteiger partial charge >= 0.3 is 12.1 Å². The Morgan fingerprint density at radius 3 is 2.50 bits per heavy atom. The zero-order chi connectivity index (χ0) is 12.0. The van der Waals surface area contributed by atoms with Gasteiger partial charge in [0.25, 0.3) is 0 Å². The number of hydrogen-bond donors (Lipinski definition) is 2. The highest BCUT2D eigenvalue weighted by atomic mass is 16.6. The number of rotatable bonds is 3. The van der Waals surface area contributed by atoms with Gasteiger partial charge < -0.3 is 10.5 Å². The number of benzene rings is 1. The molecule has 1 unspecified atom stereocenters. The number of alkyl carbamates (subject to hydrolysis) is 1. The van der Waals surface area contributed by atoms with Gasteiger partial charge in [-0.1, -0.05) is 37.3 Å². The standard InChI is InChI=1S/C11H14N2O3/c1-2-9(8-6-4-3-5-7-8)16-11(15)13-10(12)14/h3-7,9H,2H2,1H3,(H3,12,13,14,15). The first-order chi connectivity index (χ1) is 7.63. The Morgan fingerprint density at radius 1 is 1.38 bits per heavy atom. The minimum Gasteiger partial charge on any atom is -0.441 e. The molecule has 0 aromatic heterocycles. The second-order valence-electron chi connectivity index (χ2n) is 3.20. The summed E-state index contributed by atoms with van der Waals surface area (Å²) in [6.07, 6.45) is -0.584. The zero-order valence-corrected chi connectivity index (χ0v) is 8.97. The molecule has 0 aliphatic rings. The van der Waals surface area contributed by atoms with Crippen LogP contribution in [-0.2, 0) is 4.74 Å². The maximum atomic E-state index is 11.2. The van der Waals surface area contributed by atoms with Crippen LogP contribution in [0.25, 0.3) is 0 Å². The van der Waals surface area contributed by atoms with Gasteiger partial charge in [0.15, 0.2) is 0 Å². The van der Waals surface area contributed by atoms with Crippen molar-refractivity contribution in [2.75, 3.05) is 0 Å². The molecule has 5 heteroatoms. The van der Waals surface area contributed by atoms with E-state index in [0.29, 0.717) is 6.42 Å². The number of carbonyl (C=O) groups is 2. The van der Waals surface area contributed by atoms with E-state index in [9.17, 15) is 9.59 Å². The minimum absolute atomic E-state index is 0.374. The van der Waals surface area contributed by atoms with Crippen LogP contribution in [0.1, 0.15) is 25.0 Å². The van der Waals surface area contributed by atoms with E-state index in [1.807, 2.05) is 42.6 Å². The molecule has 5 nitrogen and oxygen atoms in total. The second kappa shape index (κ2) is 5.75. The summed E-state index contributed by atoms with van der Waals surface area (Å²) in [4.78, 5) is 21.6. The smallest absolute Gasteiger partial charge is 0.415 e. The van der Waals surface area contributed by atoms with Gasteiger partial charge in [-0.25, -0.2) is 14.9 Å². The van der Waals surface area contributed by atoms with Crippen LogP contribution in [0, 0.1) is 0 Å². The van der Waals surface area contributed by atoms with E-state index < -0.39 is 12.1 Å². The number of urea groups is 1. The van der Waals surface area contributed by atoms with Crippen LogP contribution >= 0.6 is 0 Å². The van der Waals surface area contributed by atoms with Gasteiger partial charge in [0, 0.05) is 0 Å². The van der Waals surface area contributed by atoms with E-state index in [0.717, 1.165) is 5.56 Å². The average molecular weight is 222 g/mol. The fourth-order valence-electron chi connectivity index (χ4n) is 1.31. The van der Waals surface area contributed by atoms with E-state index >= 15 is 0 Å². The predicted molar refractivity (Wildman–Crippen MR) is 58.7 cm³/mol. The molecule has 0 heterocycles. The van der Waals surface area contributed by atoms with Crippen molar-refractivity contribution < 1.29 is 14.3 Å². The predicted octanol–water partition coefficient (Wildman–Crippen LogP) is 1.94. The number of hydrogen-bond acceptors (Lipinski definition) is 3. The Bertz CT molecular complexity index is 365. The van der Waals surface area contributed by atoms with Gasteiger partial charge in [-0.2, -0.15) is 0 Å². The largest absolute Gasteiger partial charge is 0.441 e. The van der Waals surface area contributed by atoms with Crippen molar-refractivity contribution in [3.05, 3.63) is 35.9 Å². The number of primary amides is 1. The quantitative estimate of drug-likeness (QED) is 0.819. The van der Waals surface area contributed by atoms with Gasteiger partial charge in [0.05, 0.1) is 0 Å². The molecule has 0 spiro atoms. The number of nitrogens with one attached hydrogen (secondary N) is 1.